The molecule has 1 heterocycles. The van der Waals surface area contributed by atoms with Crippen molar-refractivity contribution in [1.29, 1.82) is 0 Å². The maximum atomic E-state index is 13.8. The Balaban J connectivity index is 1.53. The molecule has 1 aromatic carbocycles. The van der Waals surface area contributed by atoms with E-state index in [2.05, 4.69) is 4.90 Å². The van der Waals surface area contributed by atoms with Gasteiger partial charge in [-0.1, -0.05) is 25.1 Å². The molecule has 5 saturated carbocycles. The molecule has 270 valence electrons. The molecule has 0 aromatic heterocycles. The van der Waals surface area contributed by atoms with Gasteiger partial charge in [-0.15, -0.1) is 0 Å². The van der Waals surface area contributed by atoms with Gasteiger partial charge >= 0.3 is 17.9 Å². The Labute approximate surface area is 286 Å². The number of hydrogen-bond donors (Lipinski definition) is 2. The minimum atomic E-state index is -1.86. The molecule has 13 nitrogen and oxygen atoms in total. The van der Waals surface area contributed by atoms with Gasteiger partial charge in [0.2, 0.25) is 0 Å². The zero-order chi connectivity index (χ0) is 35.3. The van der Waals surface area contributed by atoms with E-state index in [4.69, 9.17) is 33.2 Å². The smallest absolute Gasteiger partial charge is 0.338 e. The summed E-state index contributed by atoms with van der Waals surface area (Å²) in [5, 5.41) is 25.5. The van der Waals surface area contributed by atoms with Crippen LogP contribution in [-0.2, 0) is 42.7 Å². The zero-order valence-electron chi connectivity index (χ0n) is 29.2. The number of rotatable bonds is 10. The summed E-state index contributed by atoms with van der Waals surface area (Å²) in [6.45, 7) is 5.99. The minimum absolute atomic E-state index is 0.0534. The number of ether oxygens (including phenoxy) is 7. The molecule has 5 aliphatic carbocycles. The van der Waals surface area contributed by atoms with E-state index in [1.165, 1.54) is 21.0 Å². The topological polar surface area (TPSA) is 160 Å². The highest BCUT2D eigenvalue weighted by Crippen LogP contribution is 2.80. The highest BCUT2D eigenvalue weighted by atomic mass is 16.6. The molecule has 6 aliphatic rings. The van der Waals surface area contributed by atoms with Gasteiger partial charge in [-0.25, -0.2) is 4.79 Å². The van der Waals surface area contributed by atoms with Crippen LogP contribution in [0.3, 0.4) is 0 Å². The maximum Gasteiger partial charge on any atom is 0.338 e. The first kappa shape index (κ1) is 34.8. The van der Waals surface area contributed by atoms with Crippen molar-refractivity contribution in [3.8, 4) is 0 Å². The summed E-state index contributed by atoms with van der Waals surface area (Å²) in [5.41, 5.74) is -4.92. The maximum absolute atomic E-state index is 13.8. The van der Waals surface area contributed by atoms with Crippen molar-refractivity contribution in [2.75, 3.05) is 48.1 Å². The zero-order valence-corrected chi connectivity index (χ0v) is 29.2. The molecular formula is C36H49NO12. The third-order valence-corrected chi connectivity index (χ3v) is 13.4. The van der Waals surface area contributed by atoms with Gasteiger partial charge in [-0.05, 0) is 31.0 Å². The number of benzene rings is 1. The lowest BCUT2D eigenvalue weighted by molar-refractivity contribution is -0.322. The minimum Gasteiger partial charge on any atom is -0.462 e. The number of nitrogens with zero attached hydrogens (tertiary/aromatic N) is 1. The van der Waals surface area contributed by atoms with Crippen LogP contribution in [-0.4, -0.2) is 135 Å². The SMILES string of the molecule is CCN1C[C@@]2(COC)[C@@H](OC(C)=O)C[C@@H](OC)[C@]34[C@H]5C[C@@]6(O)[C@H](OC)[C@@H](O)[C@](OC(C)=O)([C@@H]5[C@@H]6OC(=O)c5ccccc5)[C@H]([C@@H](OC)[C@@H]23)[C@@H]14. The number of likely N-dealkylation sites (tertiary alicyclic amines) is 1. The monoisotopic (exact) mass is 687 g/mol. The Bertz CT molecular complexity index is 1480. The largest absolute Gasteiger partial charge is 0.462 e. The molecule has 0 unspecified atom stereocenters. The number of esters is 3. The van der Waals surface area contributed by atoms with Crippen molar-refractivity contribution in [1.82, 2.24) is 4.90 Å². The Kier molecular flexibility index (Phi) is 8.49. The molecule has 2 N–H and O–H groups in total. The van der Waals surface area contributed by atoms with Gasteiger partial charge in [0.15, 0.2) is 5.60 Å². The van der Waals surface area contributed by atoms with E-state index in [-0.39, 0.29) is 24.6 Å². The van der Waals surface area contributed by atoms with E-state index >= 15 is 0 Å². The van der Waals surface area contributed by atoms with Crippen molar-refractivity contribution >= 4 is 17.9 Å². The summed E-state index contributed by atoms with van der Waals surface area (Å²) in [6.07, 6.45) is -5.45. The second-order valence-electron chi connectivity index (χ2n) is 15.0. The summed E-state index contributed by atoms with van der Waals surface area (Å²) in [7, 11) is 6.25. The van der Waals surface area contributed by atoms with E-state index in [0.717, 1.165) is 0 Å². The van der Waals surface area contributed by atoms with E-state index < -0.39 is 100 Å². The van der Waals surface area contributed by atoms with Crippen LogP contribution < -0.4 is 0 Å². The summed E-state index contributed by atoms with van der Waals surface area (Å²) in [4.78, 5) is 42.2. The number of fused-ring (bicyclic) bond motifs is 2. The number of piperidine rings is 1. The molecule has 6 fully saturated rings. The third-order valence-electron chi connectivity index (χ3n) is 13.4. The quantitative estimate of drug-likeness (QED) is 0.267. The first-order valence-electron chi connectivity index (χ1n) is 17.2. The van der Waals surface area contributed by atoms with E-state index in [0.29, 0.717) is 19.5 Å². The van der Waals surface area contributed by atoms with Crippen molar-refractivity contribution < 1.29 is 57.8 Å². The molecule has 15 atom stereocenters. The van der Waals surface area contributed by atoms with Crippen molar-refractivity contribution in [3.63, 3.8) is 0 Å². The van der Waals surface area contributed by atoms with Crippen LogP contribution >= 0.6 is 0 Å². The molecule has 1 aliphatic heterocycles. The fourth-order valence-electron chi connectivity index (χ4n) is 12.7. The Hall–Kier alpha value is -2.65. The molecule has 7 bridgehead atoms. The number of carbonyl (C=O) groups excluding carboxylic acids is 3. The molecular weight excluding hydrogens is 638 g/mol. The molecule has 1 spiro atoms. The van der Waals surface area contributed by atoms with E-state index in [1.54, 1.807) is 51.7 Å². The first-order chi connectivity index (χ1) is 23.4. The second-order valence-corrected chi connectivity index (χ2v) is 15.0. The van der Waals surface area contributed by atoms with Gasteiger partial charge in [0.05, 0.1) is 24.4 Å². The molecule has 0 radical (unpaired) electrons. The molecule has 0 amide bonds. The Morgan fingerprint density at radius 3 is 2.20 bits per heavy atom. The van der Waals surface area contributed by atoms with Crippen LogP contribution in [0.25, 0.3) is 0 Å². The van der Waals surface area contributed by atoms with Gasteiger partial charge in [0, 0.05) is 89.9 Å². The lowest BCUT2D eigenvalue weighted by Gasteiger charge is -2.70. The Morgan fingerprint density at radius 1 is 0.918 bits per heavy atom. The predicted octanol–water partition coefficient (Wildman–Crippen LogP) is 1.22. The standard InChI is InChI=1S/C36H49NO12/c1-8-37-16-33(17-43-4)22(47-18(2)38)14-23(44-5)35-21-15-34(42)30(48-32(41)20-12-10-9-11-13-20)24(21)36(49-19(3)39,29(40)31(34)46-7)25(28(35)37)26(45-6)27(33)35/h9-13,21-31,40,42H,8,14-17H2,1-7H3/t21-,22-,23+,24-,25+,26+,27-,28+,29+,30-,31+,33+,34-,35+,36-/m0/s1. The van der Waals surface area contributed by atoms with Crippen molar-refractivity contribution in [3.05, 3.63) is 35.9 Å². The number of aliphatic hydroxyl groups excluding tert-OH is 1. The van der Waals surface area contributed by atoms with Crippen molar-refractivity contribution in [2.24, 2.45) is 34.5 Å². The van der Waals surface area contributed by atoms with Crippen molar-refractivity contribution in [2.45, 2.75) is 87.5 Å². The van der Waals surface area contributed by atoms with Crippen LogP contribution in [0, 0.1) is 34.5 Å². The molecule has 1 saturated heterocycles. The third kappa shape index (κ3) is 4.21. The Morgan fingerprint density at radius 2 is 1.63 bits per heavy atom. The van der Waals surface area contributed by atoms with Crippen LogP contribution in [0.15, 0.2) is 30.3 Å². The highest BCUT2D eigenvalue weighted by Gasteiger charge is 2.92. The summed E-state index contributed by atoms with van der Waals surface area (Å²) >= 11 is 0. The number of aliphatic hydroxyl groups is 2. The average Bonchev–Trinajstić information content (AvgIpc) is 3.44. The summed E-state index contributed by atoms with van der Waals surface area (Å²) in [6, 6.07) is 8.12. The van der Waals surface area contributed by atoms with Gasteiger partial charge < -0.3 is 43.4 Å². The van der Waals surface area contributed by atoms with Crippen LogP contribution in [0.4, 0.5) is 0 Å². The van der Waals surface area contributed by atoms with Crippen LogP contribution in [0.5, 0.6) is 0 Å². The number of methoxy groups -OCH3 is 4. The number of carbonyl (C=O) groups is 3. The summed E-state index contributed by atoms with van der Waals surface area (Å²) in [5.74, 6) is -4.24. The molecule has 1 aromatic rings. The molecule has 49 heavy (non-hydrogen) atoms. The average molecular weight is 688 g/mol. The molecule has 13 heteroatoms. The fraction of sp³-hybridized carbons (Fsp3) is 0.750. The lowest BCUT2D eigenvalue weighted by atomic mass is 9.42. The lowest BCUT2D eigenvalue weighted by Crippen LogP contribution is -2.81. The van der Waals surface area contributed by atoms with E-state index in [9.17, 15) is 24.6 Å². The fourth-order valence-corrected chi connectivity index (χ4v) is 12.7. The number of hydrogen-bond acceptors (Lipinski definition) is 13. The molecule has 7 rings (SSSR count). The second kappa shape index (κ2) is 12.0. The van der Waals surface area contributed by atoms with Gasteiger partial charge in [0.25, 0.3) is 0 Å². The first-order valence-corrected chi connectivity index (χ1v) is 17.2. The predicted molar refractivity (Wildman–Crippen MR) is 170 cm³/mol. The summed E-state index contributed by atoms with van der Waals surface area (Å²) < 4.78 is 43.9. The van der Waals surface area contributed by atoms with Crippen LogP contribution in [0.1, 0.15) is 44.0 Å². The highest BCUT2D eigenvalue weighted by molar-refractivity contribution is 5.89. The van der Waals surface area contributed by atoms with Gasteiger partial charge in [-0.3, -0.25) is 14.5 Å². The van der Waals surface area contributed by atoms with Gasteiger partial charge in [0.1, 0.15) is 30.0 Å². The van der Waals surface area contributed by atoms with Gasteiger partial charge in [-0.2, -0.15) is 0 Å². The normalized spacial score (nSPS) is 47.4. The van der Waals surface area contributed by atoms with E-state index in [1.807, 2.05) is 6.92 Å². The van der Waals surface area contributed by atoms with Crippen LogP contribution in [0.2, 0.25) is 0 Å².